The number of hydrogen-bond acceptors (Lipinski definition) is 3. The molecule has 0 aromatic heterocycles. The fourth-order valence-corrected chi connectivity index (χ4v) is 1.79. The molecule has 1 amide bonds. The van der Waals surface area contributed by atoms with Gasteiger partial charge < -0.3 is 10.6 Å². The number of alkyl halides is 1. The van der Waals surface area contributed by atoms with E-state index in [4.69, 9.17) is 10.6 Å². The number of primary amides is 1. The van der Waals surface area contributed by atoms with E-state index in [1.807, 2.05) is 31.2 Å². The van der Waals surface area contributed by atoms with Crippen LogP contribution in [0, 0.1) is 0 Å². The summed E-state index contributed by atoms with van der Waals surface area (Å²) in [6, 6.07) is 7.85. The maximum Gasteiger partial charge on any atom is 0.263 e. The van der Waals surface area contributed by atoms with Crippen molar-refractivity contribution in [3.05, 3.63) is 35.4 Å². The lowest BCUT2D eigenvalue weighted by Crippen LogP contribution is -2.12. The number of halogens is 1. The Labute approximate surface area is 103 Å². The van der Waals surface area contributed by atoms with Gasteiger partial charge in [-0.3, -0.25) is 4.79 Å². The minimum atomic E-state index is -0.624. The lowest BCUT2D eigenvalue weighted by Gasteiger charge is -2.13. The van der Waals surface area contributed by atoms with E-state index in [1.165, 1.54) is 0 Å². The summed E-state index contributed by atoms with van der Waals surface area (Å²) in [5.41, 5.74) is 7.06. The van der Waals surface area contributed by atoms with Crippen LogP contribution in [0.2, 0.25) is 0 Å². The van der Waals surface area contributed by atoms with Crippen LogP contribution < -0.4 is 5.73 Å². The summed E-state index contributed by atoms with van der Waals surface area (Å²) in [4.78, 5) is 15.6. The molecule has 0 aliphatic heterocycles. The molecular formula is C11H13BrN2O2. The Morgan fingerprint density at radius 1 is 1.62 bits per heavy atom. The Balaban J connectivity index is 2.72. The van der Waals surface area contributed by atoms with Gasteiger partial charge in [0.15, 0.2) is 0 Å². The number of carbonyl (C=O) groups excluding carboxylic acids is 1. The number of nitrogens with two attached hydrogens (primary N) is 1. The number of amides is 1. The Morgan fingerprint density at radius 2 is 2.31 bits per heavy atom. The molecule has 1 rings (SSSR count). The molecular weight excluding hydrogens is 272 g/mol. The summed E-state index contributed by atoms with van der Waals surface area (Å²) in [6.45, 7) is 1.86. The molecule has 1 aromatic rings. The number of benzene rings is 1. The van der Waals surface area contributed by atoms with Gasteiger partial charge in [-0.1, -0.05) is 45.4 Å². The lowest BCUT2D eigenvalue weighted by molar-refractivity contribution is -0.111. The smallest absolute Gasteiger partial charge is 0.263 e. The second kappa shape index (κ2) is 6.27. The summed E-state index contributed by atoms with van der Waals surface area (Å²) >= 11 is 3.40. The number of hydrogen-bond donors (Lipinski definition) is 1. The largest absolute Gasteiger partial charge is 0.388 e. The zero-order valence-corrected chi connectivity index (χ0v) is 10.5. The first-order valence-corrected chi connectivity index (χ1v) is 5.89. The van der Waals surface area contributed by atoms with Crippen LogP contribution in [-0.2, 0) is 15.0 Å². The van der Waals surface area contributed by atoms with Gasteiger partial charge in [0.25, 0.3) is 5.91 Å². The Kier molecular flexibility index (Phi) is 4.98. The molecule has 16 heavy (non-hydrogen) atoms. The van der Waals surface area contributed by atoms with Crippen molar-refractivity contribution in [3.63, 3.8) is 0 Å². The van der Waals surface area contributed by atoms with Gasteiger partial charge in [-0.25, -0.2) is 0 Å². The van der Waals surface area contributed by atoms with Crippen LogP contribution in [-0.4, -0.2) is 12.1 Å². The van der Waals surface area contributed by atoms with Crippen LogP contribution in [0.3, 0.4) is 0 Å². The van der Waals surface area contributed by atoms with E-state index in [9.17, 15) is 4.79 Å². The van der Waals surface area contributed by atoms with Gasteiger partial charge in [0, 0.05) is 5.33 Å². The summed E-state index contributed by atoms with van der Waals surface area (Å²) in [5, 5.41) is 4.25. The highest BCUT2D eigenvalue weighted by molar-refractivity contribution is 9.08. The second-order valence-corrected chi connectivity index (χ2v) is 3.78. The van der Waals surface area contributed by atoms with Gasteiger partial charge in [0.2, 0.25) is 0 Å². The Hall–Kier alpha value is -1.36. The minimum absolute atomic E-state index is 0.218. The highest BCUT2D eigenvalue weighted by atomic mass is 79.9. The van der Waals surface area contributed by atoms with Crippen molar-refractivity contribution in [1.29, 1.82) is 0 Å². The van der Waals surface area contributed by atoms with Crippen LogP contribution in [0.4, 0.5) is 0 Å². The highest BCUT2D eigenvalue weighted by Gasteiger charge is 2.09. The molecule has 0 spiro atoms. The van der Waals surface area contributed by atoms with E-state index in [2.05, 4.69) is 21.1 Å². The number of nitrogens with zero attached hydrogens (tertiary/aromatic N) is 1. The van der Waals surface area contributed by atoms with Crippen molar-refractivity contribution in [2.75, 3.05) is 0 Å². The molecule has 1 unspecified atom stereocenters. The van der Waals surface area contributed by atoms with E-state index >= 15 is 0 Å². The van der Waals surface area contributed by atoms with Gasteiger partial charge in [0.05, 0.1) is 0 Å². The average molecular weight is 285 g/mol. The molecule has 0 aliphatic rings. The molecule has 0 saturated heterocycles. The normalized spacial score (nSPS) is 12.6. The molecule has 0 aliphatic carbocycles. The predicted octanol–water partition coefficient (Wildman–Crippen LogP) is 2.13. The van der Waals surface area contributed by atoms with E-state index in [1.54, 1.807) is 0 Å². The molecule has 4 nitrogen and oxygen atoms in total. The fraction of sp³-hybridized carbons (Fsp3) is 0.273. The first kappa shape index (κ1) is 12.7. The predicted molar refractivity (Wildman–Crippen MR) is 66.3 cm³/mol. The molecule has 0 saturated carbocycles. The van der Waals surface area contributed by atoms with Crippen molar-refractivity contribution >= 4 is 28.1 Å². The summed E-state index contributed by atoms with van der Waals surface area (Å²) in [7, 11) is 0. The first-order chi connectivity index (χ1) is 7.65. The van der Waals surface area contributed by atoms with Crippen molar-refractivity contribution in [2.24, 2.45) is 10.9 Å². The van der Waals surface area contributed by atoms with E-state index < -0.39 is 5.91 Å². The molecule has 0 radical (unpaired) electrons. The number of oxime groups is 1. The van der Waals surface area contributed by atoms with Crippen molar-refractivity contribution in [2.45, 2.75) is 18.4 Å². The van der Waals surface area contributed by atoms with Gasteiger partial charge in [-0.2, -0.15) is 0 Å². The van der Waals surface area contributed by atoms with Crippen LogP contribution in [0.1, 0.15) is 24.2 Å². The molecule has 1 atom stereocenters. The summed E-state index contributed by atoms with van der Waals surface area (Å²) in [6.07, 6.45) is 0.733. The van der Waals surface area contributed by atoms with Crippen LogP contribution in [0.5, 0.6) is 0 Å². The molecule has 0 heterocycles. The first-order valence-electron chi connectivity index (χ1n) is 4.77. The second-order valence-electron chi connectivity index (χ2n) is 3.22. The molecule has 86 valence electrons. The van der Waals surface area contributed by atoms with Gasteiger partial charge in [-0.05, 0) is 18.1 Å². The molecule has 0 fully saturated rings. The highest BCUT2D eigenvalue weighted by Crippen LogP contribution is 2.22. The van der Waals surface area contributed by atoms with Crippen molar-refractivity contribution < 1.29 is 9.63 Å². The van der Waals surface area contributed by atoms with Crippen LogP contribution in [0.25, 0.3) is 0 Å². The third-order valence-electron chi connectivity index (χ3n) is 2.04. The van der Waals surface area contributed by atoms with E-state index in [-0.39, 0.29) is 6.10 Å². The van der Waals surface area contributed by atoms with Gasteiger partial charge in [-0.15, -0.1) is 0 Å². The van der Waals surface area contributed by atoms with Gasteiger partial charge >= 0.3 is 0 Å². The maximum absolute atomic E-state index is 10.4. The van der Waals surface area contributed by atoms with E-state index in [0.29, 0.717) is 0 Å². The van der Waals surface area contributed by atoms with Crippen molar-refractivity contribution in [1.82, 2.24) is 0 Å². The third kappa shape index (κ3) is 3.66. The Morgan fingerprint density at radius 3 is 2.94 bits per heavy atom. The molecule has 5 heteroatoms. The zero-order valence-electron chi connectivity index (χ0n) is 8.89. The molecule has 1 aromatic carbocycles. The molecule has 0 bridgehead atoms. The molecule has 2 N–H and O–H groups in total. The summed E-state index contributed by atoms with van der Waals surface area (Å²) in [5.74, 6) is -0.624. The maximum atomic E-state index is 10.4. The van der Waals surface area contributed by atoms with Crippen LogP contribution in [0.15, 0.2) is 29.4 Å². The summed E-state index contributed by atoms with van der Waals surface area (Å²) < 4.78 is 0. The SMILES string of the molecule is CC(O/N=C/C(N)=O)c1ccccc1CBr. The number of rotatable bonds is 5. The fourth-order valence-electron chi connectivity index (χ4n) is 1.28. The Bertz CT molecular complexity index is 393. The van der Waals surface area contributed by atoms with E-state index in [0.717, 1.165) is 22.7 Å². The number of carbonyl (C=O) groups is 1. The minimum Gasteiger partial charge on any atom is -0.388 e. The topological polar surface area (TPSA) is 64.7 Å². The van der Waals surface area contributed by atoms with Crippen molar-refractivity contribution in [3.8, 4) is 0 Å². The quantitative estimate of drug-likeness (QED) is 0.511. The average Bonchev–Trinajstić information content (AvgIpc) is 2.28. The zero-order chi connectivity index (χ0) is 12.0. The monoisotopic (exact) mass is 284 g/mol. The van der Waals surface area contributed by atoms with Crippen LogP contribution >= 0.6 is 15.9 Å². The third-order valence-corrected chi connectivity index (χ3v) is 2.64. The lowest BCUT2D eigenvalue weighted by atomic mass is 10.1. The van der Waals surface area contributed by atoms with Gasteiger partial charge in [0.1, 0.15) is 12.3 Å². The standard InChI is InChI=1S/C11H13BrN2O2/c1-8(16-14-7-11(13)15)10-5-3-2-4-9(10)6-12/h2-5,7-8H,6H2,1H3,(H2,13,15)/b14-7+.